The second kappa shape index (κ2) is 10.5. The summed E-state index contributed by atoms with van der Waals surface area (Å²) in [5.41, 5.74) is 0. The third-order valence-corrected chi connectivity index (χ3v) is 3.96. The maximum atomic E-state index is 11.9. The molecular formula is C15H26N2O4S. The van der Waals surface area contributed by atoms with Crippen molar-refractivity contribution in [3.05, 3.63) is 11.1 Å². The minimum Gasteiger partial charge on any atom is -0.470 e. The first-order valence-corrected chi connectivity index (χ1v) is 8.53. The number of ether oxygens (including phenoxy) is 1. The minimum absolute atomic E-state index is 0.109. The van der Waals surface area contributed by atoms with E-state index in [1.54, 1.807) is 0 Å². The van der Waals surface area contributed by atoms with E-state index < -0.39 is 6.29 Å². The molecule has 0 bridgehead atoms. The van der Waals surface area contributed by atoms with Crippen LogP contribution < -0.4 is 10.1 Å². The lowest BCUT2D eigenvalue weighted by Crippen LogP contribution is -2.23. The smallest absolute Gasteiger partial charge is 0.273 e. The Labute approximate surface area is 135 Å². The molecule has 0 saturated heterocycles. The van der Waals surface area contributed by atoms with Crippen molar-refractivity contribution >= 4 is 17.2 Å². The van der Waals surface area contributed by atoms with Crippen LogP contribution >= 0.6 is 11.3 Å². The first kappa shape index (κ1) is 18.9. The Balaban J connectivity index is 2.18. The summed E-state index contributed by atoms with van der Waals surface area (Å²) in [4.78, 5) is 16.4. The van der Waals surface area contributed by atoms with E-state index in [1.807, 2.05) is 0 Å². The molecule has 6 nitrogen and oxygen atoms in total. The van der Waals surface area contributed by atoms with Crippen molar-refractivity contribution in [2.45, 2.75) is 52.2 Å². The van der Waals surface area contributed by atoms with Crippen LogP contribution in [0.25, 0.3) is 0 Å². The van der Waals surface area contributed by atoms with Gasteiger partial charge in [0.05, 0.1) is 12.8 Å². The van der Waals surface area contributed by atoms with Gasteiger partial charge in [-0.25, -0.2) is 4.98 Å². The molecular weight excluding hydrogens is 304 g/mol. The molecule has 0 aliphatic heterocycles. The van der Waals surface area contributed by atoms with Crippen LogP contribution in [0.5, 0.6) is 5.19 Å². The second-order valence-electron chi connectivity index (χ2n) is 5.61. The van der Waals surface area contributed by atoms with Crippen LogP contribution in [0, 0.1) is 5.92 Å². The molecule has 1 aromatic rings. The van der Waals surface area contributed by atoms with Crippen LogP contribution in [0.3, 0.4) is 0 Å². The molecule has 0 spiro atoms. The number of nitrogens with zero attached hydrogens (tertiary/aromatic N) is 1. The van der Waals surface area contributed by atoms with Gasteiger partial charge in [0.1, 0.15) is 4.88 Å². The molecule has 0 fully saturated rings. The van der Waals surface area contributed by atoms with Crippen LogP contribution in [-0.2, 0) is 0 Å². The normalized spacial score (nSPS) is 11.2. The summed E-state index contributed by atoms with van der Waals surface area (Å²) in [6.45, 7) is 5.25. The van der Waals surface area contributed by atoms with Gasteiger partial charge in [0.2, 0.25) is 0 Å². The number of thiazole rings is 1. The second-order valence-corrected chi connectivity index (χ2v) is 6.60. The van der Waals surface area contributed by atoms with Gasteiger partial charge < -0.3 is 20.3 Å². The van der Waals surface area contributed by atoms with Crippen molar-refractivity contribution in [1.82, 2.24) is 10.3 Å². The van der Waals surface area contributed by atoms with Gasteiger partial charge in [0.15, 0.2) is 6.29 Å². The van der Waals surface area contributed by atoms with Crippen LogP contribution in [-0.4, -0.2) is 40.5 Å². The van der Waals surface area contributed by atoms with Gasteiger partial charge in [-0.2, -0.15) is 0 Å². The maximum Gasteiger partial charge on any atom is 0.273 e. The molecule has 22 heavy (non-hydrogen) atoms. The van der Waals surface area contributed by atoms with Gasteiger partial charge in [0, 0.05) is 13.0 Å². The average Bonchev–Trinajstić information content (AvgIpc) is 2.90. The Hall–Kier alpha value is -1.18. The molecule has 0 aliphatic rings. The highest BCUT2D eigenvalue weighted by atomic mass is 32.1. The van der Waals surface area contributed by atoms with Crippen molar-refractivity contribution < 1.29 is 19.7 Å². The number of hydrogen-bond donors (Lipinski definition) is 3. The van der Waals surface area contributed by atoms with E-state index in [2.05, 4.69) is 24.1 Å². The van der Waals surface area contributed by atoms with E-state index >= 15 is 0 Å². The highest BCUT2D eigenvalue weighted by Gasteiger charge is 2.11. The number of carbonyl (C=O) groups is 1. The Kier molecular flexibility index (Phi) is 9.03. The fraction of sp³-hybridized carbons (Fsp3) is 0.733. The summed E-state index contributed by atoms with van der Waals surface area (Å²) in [7, 11) is 0. The predicted octanol–water partition coefficient (Wildman–Crippen LogP) is 2.17. The number of amides is 1. The summed E-state index contributed by atoms with van der Waals surface area (Å²) in [6.07, 6.45) is 4.72. The fourth-order valence-corrected chi connectivity index (χ4v) is 2.53. The maximum absolute atomic E-state index is 11.9. The highest BCUT2D eigenvalue weighted by molar-refractivity contribution is 7.15. The fourth-order valence-electron chi connectivity index (χ4n) is 1.82. The Morgan fingerprint density at radius 1 is 1.32 bits per heavy atom. The lowest BCUT2D eigenvalue weighted by Gasteiger charge is -2.05. The van der Waals surface area contributed by atoms with Gasteiger partial charge >= 0.3 is 0 Å². The van der Waals surface area contributed by atoms with Crippen molar-refractivity contribution in [2.24, 2.45) is 5.92 Å². The van der Waals surface area contributed by atoms with E-state index in [1.165, 1.54) is 19.0 Å². The van der Waals surface area contributed by atoms with Gasteiger partial charge in [-0.1, -0.05) is 44.4 Å². The largest absolute Gasteiger partial charge is 0.470 e. The molecule has 1 aromatic heterocycles. The zero-order valence-electron chi connectivity index (χ0n) is 13.2. The summed E-state index contributed by atoms with van der Waals surface area (Å²) in [5.74, 6) is 0.593. The van der Waals surface area contributed by atoms with E-state index in [0.717, 1.165) is 30.1 Å². The molecule has 0 aromatic carbocycles. The van der Waals surface area contributed by atoms with Crippen molar-refractivity contribution in [2.75, 3.05) is 13.2 Å². The molecule has 0 saturated carbocycles. The number of aliphatic hydroxyl groups excluding tert-OH is 1. The topological polar surface area (TPSA) is 91.7 Å². The van der Waals surface area contributed by atoms with Gasteiger partial charge in [-0.15, -0.1) is 0 Å². The SMILES string of the molecule is CC(C)CCCCCNC(=O)c1cnc(OCCC(O)O)s1. The first-order valence-electron chi connectivity index (χ1n) is 7.72. The number of aliphatic hydroxyl groups is 2. The molecule has 0 radical (unpaired) electrons. The van der Waals surface area contributed by atoms with Gasteiger partial charge in [0.25, 0.3) is 11.1 Å². The van der Waals surface area contributed by atoms with Gasteiger partial charge in [-0.3, -0.25) is 4.79 Å². The van der Waals surface area contributed by atoms with Crippen molar-refractivity contribution in [3.8, 4) is 5.19 Å². The Morgan fingerprint density at radius 3 is 2.77 bits per heavy atom. The van der Waals surface area contributed by atoms with E-state index in [0.29, 0.717) is 16.6 Å². The summed E-state index contributed by atoms with van der Waals surface area (Å²) < 4.78 is 5.24. The van der Waals surface area contributed by atoms with Crippen LogP contribution in [0.4, 0.5) is 0 Å². The standard InChI is InChI=1S/C15H26N2O4S/c1-11(2)6-4-3-5-8-16-14(20)12-10-17-15(22-12)21-9-7-13(18)19/h10-11,13,18-19H,3-9H2,1-2H3,(H,16,20). The van der Waals surface area contributed by atoms with Crippen molar-refractivity contribution in [3.63, 3.8) is 0 Å². The quantitative estimate of drug-likeness (QED) is 0.427. The molecule has 1 rings (SSSR count). The lowest BCUT2D eigenvalue weighted by atomic mass is 10.1. The third kappa shape index (κ3) is 8.31. The van der Waals surface area contributed by atoms with E-state index in [9.17, 15) is 4.79 Å². The Bertz CT molecular complexity index is 435. The molecule has 7 heteroatoms. The Morgan fingerprint density at radius 2 is 2.09 bits per heavy atom. The van der Waals surface area contributed by atoms with Crippen LogP contribution in [0.2, 0.25) is 0 Å². The predicted molar refractivity (Wildman–Crippen MR) is 86.1 cm³/mol. The number of hydrogen-bond acceptors (Lipinski definition) is 6. The summed E-state index contributed by atoms with van der Waals surface area (Å²) >= 11 is 1.16. The van der Waals surface area contributed by atoms with Crippen molar-refractivity contribution in [1.29, 1.82) is 0 Å². The minimum atomic E-state index is -1.39. The summed E-state index contributed by atoms with van der Waals surface area (Å²) in [6, 6.07) is 0. The third-order valence-electron chi connectivity index (χ3n) is 3.05. The molecule has 3 N–H and O–H groups in total. The number of aromatic nitrogens is 1. The molecule has 126 valence electrons. The summed E-state index contributed by atoms with van der Waals surface area (Å²) in [5, 5.41) is 20.6. The lowest BCUT2D eigenvalue weighted by molar-refractivity contribution is -0.0519. The number of carbonyl (C=O) groups excluding carboxylic acids is 1. The number of rotatable bonds is 11. The van der Waals surface area contributed by atoms with E-state index in [4.69, 9.17) is 14.9 Å². The molecule has 1 amide bonds. The first-order chi connectivity index (χ1) is 10.5. The highest BCUT2D eigenvalue weighted by Crippen LogP contribution is 2.20. The monoisotopic (exact) mass is 330 g/mol. The molecule has 0 unspecified atom stereocenters. The zero-order chi connectivity index (χ0) is 16.4. The van der Waals surface area contributed by atoms with Crippen LogP contribution in [0.15, 0.2) is 6.20 Å². The van der Waals surface area contributed by atoms with Gasteiger partial charge in [-0.05, 0) is 12.3 Å². The molecule has 0 atom stereocenters. The zero-order valence-corrected chi connectivity index (χ0v) is 14.1. The molecule has 1 heterocycles. The van der Waals surface area contributed by atoms with E-state index in [-0.39, 0.29) is 18.9 Å². The number of unbranched alkanes of at least 4 members (excludes halogenated alkanes) is 2. The van der Waals surface area contributed by atoms with Crippen LogP contribution in [0.1, 0.15) is 55.6 Å². The molecule has 0 aliphatic carbocycles. The number of nitrogens with one attached hydrogen (secondary N) is 1. The average molecular weight is 330 g/mol.